The maximum atomic E-state index is 11.9. The minimum atomic E-state index is -0.599. The highest BCUT2D eigenvalue weighted by molar-refractivity contribution is 5.75. The summed E-state index contributed by atoms with van der Waals surface area (Å²) in [6, 6.07) is 8.79. The van der Waals surface area contributed by atoms with Gasteiger partial charge in [0.25, 0.3) is 0 Å². The number of nitrogens with one attached hydrogen (secondary N) is 1. The fourth-order valence-corrected chi connectivity index (χ4v) is 2.02. The second-order valence-corrected chi connectivity index (χ2v) is 5.25. The van der Waals surface area contributed by atoms with E-state index in [9.17, 15) is 14.9 Å². The molecule has 128 valence electrons. The molecule has 0 saturated carbocycles. The van der Waals surface area contributed by atoms with Crippen LogP contribution in [0.5, 0.6) is 5.75 Å². The molecule has 1 N–H and O–H groups in total. The SMILES string of the molecule is CCCCOc1cccc(CNC(=O)Cn2ccc([N+](=O)[O-])n2)c1. The van der Waals surface area contributed by atoms with Crippen molar-refractivity contribution >= 4 is 11.7 Å². The van der Waals surface area contributed by atoms with E-state index >= 15 is 0 Å². The van der Waals surface area contributed by atoms with Gasteiger partial charge < -0.3 is 20.2 Å². The summed E-state index contributed by atoms with van der Waals surface area (Å²) in [6.07, 6.45) is 3.47. The van der Waals surface area contributed by atoms with E-state index in [-0.39, 0.29) is 18.3 Å². The Hall–Kier alpha value is -2.90. The summed E-state index contributed by atoms with van der Waals surface area (Å²) < 4.78 is 6.86. The molecule has 2 rings (SSSR count). The van der Waals surface area contributed by atoms with Crippen LogP contribution in [0.25, 0.3) is 0 Å². The number of hydrogen-bond donors (Lipinski definition) is 1. The van der Waals surface area contributed by atoms with E-state index in [2.05, 4.69) is 17.3 Å². The van der Waals surface area contributed by atoms with Crippen molar-refractivity contribution in [2.45, 2.75) is 32.9 Å². The number of amides is 1. The Balaban J connectivity index is 1.82. The lowest BCUT2D eigenvalue weighted by Crippen LogP contribution is -2.27. The molecule has 8 heteroatoms. The summed E-state index contributed by atoms with van der Waals surface area (Å²) in [5, 5.41) is 17.0. The van der Waals surface area contributed by atoms with Gasteiger partial charge in [-0.3, -0.25) is 4.79 Å². The highest BCUT2D eigenvalue weighted by Crippen LogP contribution is 2.13. The maximum absolute atomic E-state index is 11.9. The zero-order chi connectivity index (χ0) is 17.4. The molecule has 0 atom stereocenters. The lowest BCUT2D eigenvalue weighted by Gasteiger charge is -2.08. The first-order valence-electron chi connectivity index (χ1n) is 7.74. The topological polar surface area (TPSA) is 99.3 Å². The molecule has 8 nitrogen and oxygen atoms in total. The quantitative estimate of drug-likeness (QED) is 0.431. The summed E-state index contributed by atoms with van der Waals surface area (Å²) in [5.41, 5.74) is 0.920. The van der Waals surface area contributed by atoms with Crippen molar-refractivity contribution in [3.8, 4) is 5.75 Å². The molecular weight excluding hydrogens is 312 g/mol. The Morgan fingerprint density at radius 2 is 2.25 bits per heavy atom. The molecule has 1 amide bonds. The number of unbranched alkanes of at least 4 members (excludes halogenated alkanes) is 1. The van der Waals surface area contributed by atoms with Crippen LogP contribution in [0.3, 0.4) is 0 Å². The van der Waals surface area contributed by atoms with Crippen LogP contribution in [0, 0.1) is 10.1 Å². The van der Waals surface area contributed by atoms with Crippen molar-refractivity contribution in [2.75, 3.05) is 6.61 Å². The van der Waals surface area contributed by atoms with Gasteiger partial charge in [-0.25, -0.2) is 0 Å². The summed E-state index contributed by atoms with van der Waals surface area (Å²) in [4.78, 5) is 21.8. The molecule has 1 heterocycles. The summed E-state index contributed by atoms with van der Waals surface area (Å²) in [5.74, 6) is 0.225. The van der Waals surface area contributed by atoms with Crippen LogP contribution in [0.4, 0.5) is 5.82 Å². The summed E-state index contributed by atoms with van der Waals surface area (Å²) in [6.45, 7) is 3.06. The summed E-state index contributed by atoms with van der Waals surface area (Å²) in [7, 11) is 0. The molecule has 2 aromatic rings. The smallest absolute Gasteiger partial charge is 0.389 e. The molecule has 0 aliphatic carbocycles. The monoisotopic (exact) mass is 332 g/mol. The first-order chi connectivity index (χ1) is 11.6. The number of hydrogen-bond acceptors (Lipinski definition) is 5. The zero-order valence-corrected chi connectivity index (χ0v) is 13.5. The predicted octanol–water partition coefficient (Wildman–Crippen LogP) is 2.29. The van der Waals surface area contributed by atoms with E-state index in [0.29, 0.717) is 13.2 Å². The van der Waals surface area contributed by atoms with Gasteiger partial charge in [0.05, 0.1) is 24.0 Å². The van der Waals surface area contributed by atoms with Gasteiger partial charge in [-0.15, -0.1) is 0 Å². The first kappa shape index (κ1) is 17.5. The van der Waals surface area contributed by atoms with Gasteiger partial charge in [0.1, 0.15) is 12.3 Å². The van der Waals surface area contributed by atoms with Gasteiger partial charge in [0.15, 0.2) is 0 Å². The van der Waals surface area contributed by atoms with E-state index < -0.39 is 4.92 Å². The largest absolute Gasteiger partial charge is 0.494 e. The number of ether oxygens (including phenoxy) is 1. The Labute approximate surface area is 139 Å². The molecule has 0 aliphatic rings. The van der Waals surface area contributed by atoms with Gasteiger partial charge in [0, 0.05) is 6.54 Å². The van der Waals surface area contributed by atoms with Crippen molar-refractivity contribution in [3.63, 3.8) is 0 Å². The third-order valence-corrected chi connectivity index (χ3v) is 3.27. The van der Waals surface area contributed by atoms with Crippen LogP contribution < -0.4 is 10.1 Å². The van der Waals surface area contributed by atoms with Crippen molar-refractivity contribution in [1.29, 1.82) is 0 Å². The minimum Gasteiger partial charge on any atom is -0.494 e. The second kappa shape index (κ2) is 8.66. The number of carbonyl (C=O) groups excluding carboxylic acids is 1. The van der Waals surface area contributed by atoms with E-state index in [1.807, 2.05) is 24.3 Å². The Kier molecular flexibility index (Phi) is 6.30. The fourth-order valence-electron chi connectivity index (χ4n) is 2.02. The van der Waals surface area contributed by atoms with Gasteiger partial charge in [-0.2, -0.15) is 4.68 Å². The van der Waals surface area contributed by atoms with Crippen molar-refractivity contribution in [1.82, 2.24) is 15.1 Å². The molecule has 0 spiro atoms. The van der Waals surface area contributed by atoms with Crippen molar-refractivity contribution in [3.05, 3.63) is 52.2 Å². The van der Waals surface area contributed by atoms with Crippen LogP contribution in [-0.4, -0.2) is 27.2 Å². The molecule has 1 aromatic heterocycles. The third-order valence-electron chi connectivity index (χ3n) is 3.27. The normalized spacial score (nSPS) is 10.4. The van der Waals surface area contributed by atoms with Crippen LogP contribution in [0.15, 0.2) is 36.5 Å². The lowest BCUT2D eigenvalue weighted by atomic mass is 10.2. The number of carbonyl (C=O) groups is 1. The number of nitrogens with zero attached hydrogens (tertiary/aromatic N) is 3. The molecular formula is C16H20N4O4. The first-order valence-corrected chi connectivity index (χ1v) is 7.74. The van der Waals surface area contributed by atoms with E-state index in [4.69, 9.17) is 4.74 Å². The highest BCUT2D eigenvalue weighted by Gasteiger charge is 2.13. The van der Waals surface area contributed by atoms with Crippen LogP contribution in [0.2, 0.25) is 0 Å². The number of rotatable bonds is 9. The van der Waals surface area contributed by atoms with Crippen LogP contribution in [0.1, 0.15) is 25.3 Å². The molecule has 0 saturated heterocycles. The minimum absolute atomic E-state index is 0.0689. The maximum Gasteiger partial charge on any atom is 0.389 e. The van der Waals surface area contributed by atoms with Crippen molar-refractivity contribution in [2.24, 2.45) is 0 Å². The summed E-state index contributed by atoms with van der Waals surface area (Å²) >= 11 is 0. The van der Waals surface area contributed by atoms with E-state index in [0.717, 1.165) is 24.2 Å². The zero-order valence-electron chi connectivity index (χ0n) is 13.5. The number of nitro groups is 1. The molecule has 0 bridgehead atoms. The van der Waals surface area contributed by atoms with E-state index in [1.54, 1.807) is 0 Å². The van der Waals surface area contributed by atoms with Crippen LogP contribution in [-0.2, 0) is 17.9 Å². The standard InChI is InChI=1S/C16H20N4O4/c1-2-3-9-24-14-6-4-5-13(10-14)11-17-16(21)12-19-8-7-15(18-19)20(22)23/h4-8,10H,2-3,9,11-12H2,1H3,(H,17,21). The average Bonchev–Trinajstić information content (AvgIpc) is 3.02. The molecule has 1 aromatic carbocycles. The van der Waals surface area contributed by atoms with Gasteiger partial charge in [-0.05, 0) is 29.0 Å². The van der Waals surface area contributed by atoms with Crippen molar-refractivity contribution < 1.29 is 14.5 Å². The fraction of sp³-hybridized carbons (Fsp3) is 0.375. The Morgan fingerprint density at radius 3 is 2.96 bits per heavy atom. The van der Waals surface area contributed by atoms with Gasteiger partial charge >= 0.3 is 5.82 Å². The highest BCUT2D eigenvalue weighted by atomic mass is 16.6. The Bertz CT molecular complexity index is 699. The average molecular weight is 332 g/mol. The number of aromatic nitrogens is 2. The molecule has 0 aliphatic heterocycles. The molecule has 0 radical (unpaired) electrons. The van der Waals surface area contributed by atoms with Gasteiger partial charge in [-0.1, -0.05) is 25.5 Å². The predicted molar refractivity (Wildman–Crippen MR) is 87.6 cm³/mol. The molecule has 0 fully saturated rings. The Morgan fingerprint density at radius 1 is 1.42 bits per heavy atom. The van der Waals surface area contributed by atoms with Crippen LogP contribution >= 0.6 is 0 Å². The molecule has 24 heavy (non-hydrogen) atoms. The molecule has 0 unspecified atom stereocenters. The lowest BCUT2D eigenvalue weighted by molar-refractivity contribution is -0.389. The third kappa shape index (κ3) is 5.38. The number of benzene rings is 1. The van der Waals surface area contributed by atoms with Gasteiger partial charge in [0.2, 0.25) is 5.91 Å². The second-order valence-electron chi connectivity index (χ2n) is 5.25. The van der Waals surface area contributed by atoms with E-state index in [1.165, 1.54) is 16.9 Å².